The minimum absolute atomic E-state index is 0.276. The van der Waals surface area contributed by atoms with Crippen LogP contribution in [0.1, 0.15) is 13.3 Å². The van der Waals surface area contributed by atoms with E-state index in [1.165, 1.54) is 12.4 Å². The first-order chi connectivity index (χ1) is 8.13. The van der Waals surface area contributed by atoms with Gasteiger partial charge < -0.3 is 15.2 Å². The molecule has 1 atom stereocenters. The maximum atomic E-state index is 12.0. The van der Waals surface area contributed by atoms with E-state index in [0.29, 0.717) is 18.3 Å². The molecule has 0 aliphatic heterocycles. The fourth-order valence-corrected chi connectivity index (χ4v) is 1.02. The van der Waals surface area contributed by atoms with E-state index < -0.39 is 12.5 Å². The molecule has 0 amide bonds. The fourth-order valence-electron chi connectivity index (χ4n) is 1.02. The molecule has 0 aliphatic carbocycles. The van der Waals surface area contributed by atoms with Gasteiger partial charge in [0.25, 0.3) is 6.43 Å². The maximum Gasteiger partial charge on any atom is 0.265 e. The second-order valence-corrected chi connectivity index (χ2v) is 3.37. The fraction of sp³-hybridized carbons (Fsp3) is 0.600. The molecule has 0 aromatic carbocycles. The van der Waals surface area contributed by atoms with Gasteiger partial charge in [0.05, 0.1) is 6.61 Å². The second kappa shape index (κ2) is 6.95. The molecule has 0 fully saturated rings. The first-order valence-electron chi connectivity index (χ1n) is 5.28. The number of hydrogen-bond acceptors (Lipinski definition) is 5. The van der Waals surface area contributed by atoms with Crippen molar-refractivity contribution in [1.29, 1.82) is 0 Å². The zero-order valence-electron chi connectivity index (χ0n) is 9.44. The SMILES string of the molecule is CCCOc1cc(NCC(O)C(F)F)ncn1. The van der Waals surface area contributed by atoms with Gasteiger partial charge in [0.15, 0.2) is 0 Å². The highest BCUT2D eigenvalue weighted by Gasteiger charge is 2.16. The molecule has 0 aliphatic rings. The molecule has 0 spiro atoms. The van der Waals surface area contributed by atoms with E-state index >= 15 is 0 Å². The number of nitrogens with zero attached hydrogens (tertiary/aromatic N) is 2. The Hall–Kier alpha value is -1.50. The number of nitrogens with one attached hydrogen (secondary N) is 1. The predicted molar refractivity (Wildman–Crippen MR) is 58.3 cm³/mol. The number of anilines is 1. The highest BCUT2D eigenvalue weighted by atomic mass is 19.3. The van der Waals surface area contributed by atoms with Crippen molar-refractivity contribution >= 4 is 5.82 Å². The van der Waals surface area contributed by atoms with Gasteiger partial charge in [-0.3, -0.25) is 0 Å². The molecule has 7 heteroatoms. The topological polar surface area (TPSA) is 67.3 Å². The molecular weight excluding hydrogens is 232 g/mol. The zero-order valence-corrected chi connectivity index (χ0v) is 9.44. The molecule has 17 heavy (non-hydrogen) atoms. The summed E-state index contributed by atoms with van der Waals surface area (Å²) in [6.45, 7) is 2.21. The molecule has 1 unspecified atom stereocenters. The quantitative estimate of drug-likeness (QED) is 0.760. The van der Waals surface area contributed by atoms with Crippen LogP contribution in [0.2, 0.25) is 0 Å². The summed E-state index contributed by atoms with van der Waals surface area (Å²) in [5, 5.41) is 11.5. The Labute approximate surface area is 97.8 Å². The van der Waals surface area contributed by atoms with Gasteiger partial charge in [-0.2, -0.15) is 0 Å². The third kappa shape index (κ3) is 4.90. The van der Waals surface area contributed by atoms with Crippen molar-refractivity contribution in [1.82, 2.24) is 9.97 Å². The van der Waals surface area contributed by atoms with Crippen molar-refractivity contribution in [2.45, 2.75) is 25.9 Å². The van der Waals surface area contributed by atoms with E-state index in [1.54, 1.807) is 0 Å². The Bertz CT molecular complexity index is 339. The molecule has 1 aromatic rings. The lowest BCUT2D eigenvalue weighted by Gasteiger charge is -2.11. The maximum absolute atomic E-state index is 12.0. The summed E-state index contributed by atoms with van der Waals surface area (Å²) in [5.41, 5.74) is 0. The van der Waals surface area contributed by atoms with Crippen LogP contribution >= 0.6 is 0 Å². The lowest BCUT2D eigenvalue weighted by Crippen LogP contribution is -2.27. The van der Waals surface area contributed by atoms with Gasteiger partial charge in [-0.15, -0.1) is 0 Å². The molecule has 1 heterocycles. The summed E-state index contributed by atoms with van der Waals surface area (Å²) < 4.78 is 29.3. The molecular formula is C10H15F2N3O2. The van der Waals surface area contributed by atoms with Gasteiger partial charge in [0.2, 0.25) is 5.88 Å². The van der Waals surface area contributed by atoms with Crippen molar-refractivity contribution < 1.29 is 18.6 Å². The summed E-state index contributed by atoms with van der Waals surface area (Å²) in [6.07, 6.45) is -2.39. The lowest BCUT2D eigenvalue weighted by atomic mass is 10.3. The van der Waals surface area contributed by atoms with Crippen LogP contribution in [0.15, 0.2) is 12.4 Å². The van der Waals surface area contributed by atoms with Gasteiger partial charge in [-0.05, 0) is 6.42 Å². The van der Waals surface area contributed by atoms with Gasteiger partial charge in [-0.1, -0.05) is 6.92 Å². The van der Waals surface area contributed by atoms with Crippen LogP contribution in [0.4, 0.5) is 14.6 Å². The van der Waals surface area contributed by atoms with Crippen molar-refractivity contribution in [3.8, 4) is 5.88 Å². The van der Waals surface area contributed by atoms with Crippen LogP contribution in [0.25, 0.3) is 0 Å². The standard InChI is InChI=1S/C10H15F2N3O2/c1-2-3-17-9-4-8(14-6-15-9)13-5-7(16)10(11)12/h4,6-7,10,16H,2-3,5H2,1H3,(H,13,14,15). The highest BCUT2D eigenvalue weighted by Crippen LogP contribution is 2.11. The first kappa shape index (κ1) is 13.6. The summed E-state index contributed by atoms with van der Waals surface area (Å²) >= 11 is 0. The molecule has 96 valence electrons. The smallest absolute Gasteiger partial charge is 0.265 e. The Morgan fingerprint density at radius 2 is 2.24 bits per heavy atom. The summed E-state index contributed by atoms with van der Waals surface area (Å²) in [6, 6.07) is 1.49. The van der Waals surface area contributed by atoms with Crippen molar-refractivity contribution in [3.05, 3.63) is 12.4 Å². The number of hydrogen-bond donors (Lipinski definition) is 2. The van der Waals surface area contributed by atoms with Crippen LogP contribution < -0.4 is 10.1 Å². The van der Waals surface area contributed by atoms with E-state index in [-0.39, 0.29) is 6.54 Å². The van der Waals surface area contributed by atoms with Crippen molar-refractivity contribution in [3.63, 3.8) is 0 Å². The average Bonchev–Trinajstić information content (AvgIpc) is 2.33. The van der Waals surface area contributed by atoms with E-state index in [4.69, 9.17) is 9.84 Å². The Morgan fingerprint density at radius 1 is 1.47 bits per heavy atom. The molecule has 0 saturated carbocycles. The van der Waals surface area contributed by atoms with Crippen LogP contribution in [-0.4, -0.2) is 40.8 Å². The number of rotatable bonds is 7. The third-order valence-corrected chi connectivity index (χ3v) is 1.88. The van der Waals surface area contributed by atoms with Crippen LogP contribution in [0.5, 0.6) is 5.88 Å². The predicted octanol–water partition coefficient (Wildman–Crippen LogP) is 1.30. The molecule has 5 nitrogen and oxygen atoms in total. The molecule has 1 aromatic heterocycles. The van der Waals surface area contributed by atoms with Gasteiger partial charge >= 0.3 is 0 Å². The highest BCUT2D eigenvalue weighted by molar-refractivity contribution is 5.37. The van der Waals surface area contributed by atoms with Crippen LogP contribution in [-0.2, 0) is 0 Å². The van der Waals surface area contributed by atoms with E-state index in [0.717, 1.165) is 6.42 Å². The normalized spacial score (nSPS) is 12.5. The molecule has 1 rings (SSSR count). The van der Waals surface area contributed by atoms with Crippen molar-refractivity contribution in [2.24, 2.45) is 0 Å². The molecule has 0 radical (unpaired) electrons. The minimum atomic E-state index is -2.78. The van der Waals surface area contributed by atoms with Gasteiger partial charge in [0.1, 0.15) is 18.2 Å². The van der Waals surface area contributed by atoms with Crippen molar-refractivity contribution in [2.75, 3.05) is 18.5 Å². The van der Waals surface area contributed by atoms with Gasteiger partial charge in [0, 0.05) is 12.6 Å². The first-order valence-corrected chi connectivity index (χ1v) is 5.28. The summed E-state index contributed by atoms with van der Waals surface area (Å²) in [7, 11) is 0. The zero-order chi connectivity index (χ0) is 12.7. The number of alkyl halides is 2. The van der Waals surface area contributed by atoms with E-state index in [2.05, 4.69) is 15.3 Å². The number of aromatic nitrogens is 2. The number of halogens is 2. The Morgan fingerprint density at radius 3 is 2.88 bits per heavy atom. The third-order valence-electron chi connectivity index (χ3n) is 1.88. The van der Waals surface area contributed by atoms with Gasteiger partial charge in [-0.25, -0.2) is 18.7 Å². The lowest BCUT2D eigenvalue weighted by molar-refractivity contribution is 0.00380. The second-order valence-electron chi connectivity index (χ2n) is 3.37. The van der Waals surface area contributed by atoms with Crippen LogP contribution in [0, 0.1) is 0 Å². The van der Waals surface area contributed by atoms with E-state index in [1.807, 2.05) is 6.92 Å². The molecule has 0 saturated heterocycles. The Kier molecular flexibility index (Phi) is 5.55. The average molecular weight is 247 g/mol. The molecule has 0 bridgehead atoms. The number of aliphatic hydroxyl groups excluding tert-OH is 1. The Balaban J connectivity index is 2.48. The minimum Gasteiger partial charge on any atom is -0.478 e. The number of ether oxygens (including phenoxy) is 1. The van der Waals surface area contributed by atoms with Crippen LogP contribution in [0.3, 0.4) is 0 Å². The van der Waals surface area contributed by atoms with E-state index in [9.17, 15) is 8.78 Å². The number of aliphatic hydroxyl groups is 1. The summed E-state index contributed by atoms with van der Waals surface area (Å²) in [5.74, 6) is 0.710. The molecule has 2 N–H and O–H groups in total. The monoisotopic (exact) mass is 247 g/mol. The summed E-state index contributed by atoms with van der Waals surface area (Å²) in [4.78, 5) is 7.68. The largest absolute Gasteiger partial charge is 0.478 e.